The van der Waals surface area contributed by atoms with Crippen LogP contribution in [0.4, 0.5) is 5.95 Å². The molecule has 0 bridgehead atoms. The van der Waals surface area contributed by atoms with E-state index in [1.165, 1.54) is 0 Å². The van der Waals surface area contributed by atoms with Crippen molar-refractivity contribution in [2.75, 3.05) is 43.6 Å². The molecule has 2 aromatic heterocycles. The van der Waals surface area contributed by atoms with E-state index in [0.29, 0.717) is 43.4 Å². The summed E-state index contributed by atoms with van der Waals surface area (Å²) in [6, 6.07) is 13.1. The Morgan fingerprint density at radius 2 is 2.07 bits per heavy atom. The minimum absolute atomic E-state index is 0.500. The minimum Gasteiger partial charge on any atom is -0.493 e. The maximum atomic E-state index is 8.98. The van der Waals surface area contributed by atoms with Crippen LogP contribution in [0.15, 0.2) is 52.2 Å². The van der Waals surface area contributed by atoms with Crippen LogP contribution in [0.2, 0.25) is 0 Å². The van der Waals surface area contributed by atoms with Gasteiger partial charge in [-0.1, -0.05) is 17.8 Å². The van der Waals surface area contributed by atoms with Crippen LogP contribution in [0.1, 0.15) is 11.3 Å². The number of rotatable bonds is 8. The van der Waals surface area contributed by atoms with Crippen molar-refractivity contribution < 1.29 is 13.9 Å². The quantitative estimate of drug-likeness (QED) is 0.413. The summed E-state index contributed by atoms with van der Waals surface area (Å²) in [5, 5.41) is 18.6. The molecule has 1 aromatic carbocycles. The maximum absolute atomic E-state index is 8.98. The maximum Gasteiger partial charge on any atom is 0.228 e. The Bertz CT molecular complexity index is 961. The van der Waals surface area contributed by atoms with Gasteiger partial charge in [0.2, 0.25) is 5.95 Å². The molecular formula is C20H21N5O3S. The molecule has 0 spiro atoms. The van der Waals surface area contributed by atoms with Crippen molar-refractivity contribution in [2.24, 2.45) is 0 Å². The fourth-order valence-electron chi connectivity index (χ4n) is 3.03. The van der Waals surface area contributed by atoms with Crippen LogP contribution in [-0.4, -0.2) is 53.4 Å². The number of hydrogen-bond donors (Lipinski definition) is 0. The summed E-state index contributed by atoms with van der Waals surface area (Å²) in [4.78, 5) is 2.19. The van der Waals surface area contributed by atoms with Crippen LogP contribution in [-0.2, 0) is 11.3 Å². The highest BCUT2D eigenvalue weighted by Crippen LogP contribution is 2.24. The highest BCUT2D eigenvalue weighted by atomic mass is 32.2. The molecule has 8 nitrogen and oxygen atoms in total. The Morgan fingerprint density at radius 3 is 2.86 bits per heavy atom. The molecule has 0 atom stereocenters. The Morgan fingerprint density at radius 1 is 1.17 bits per heavy atom. The fraction of sp³-hybridized carbons (Fsp3) is 0.350. The van der Waals surface area contributed by atoms with Gasteiger partial charge < -0.3 is 18.8 Å². The number of nitriles is 1. The van der Waals surface area contributed by atoms with E-state index in [4.69, 9.17) is 19.2 Å². The molecule has 3 aromatic rings. The van der Waals surface area contributed by atoms with E-state index in [2.05, 4.69) is 25.7 Å². The fourth-order valence-corrected chi connectivity index (χ4v) is 3.78. The zero-order valence-electron chi connectivity index (χ0n) is 15.9. The molecule has 0 N–H and O–H groups in total. The largest absolute Gasteiger partial charge is 0.493 e. The standard InChI is InChI=1S/C20H21N5O3S/c21-14-16-3-1-4-17(13-16)28-11-12-29-20-23-22-19(24-6-9-26-10-7-24)25(20)15-18-5-2-8-27-18/h1-5,8,13H,6-7,9-12,15H2. The number of morpholine rings is 1. The summed E-state index contributed by atoms with van der Waals surface area (Å²) in [6.45, 7) is 4.02. The second-order valence-electron chi connectivity index (χ2n) is 6.38. The van der Waals surface area contributed by atoms with Gasteiger partial charge in [0, 0.05) is 18.8 Å². The van der Waals surface area contributed by atoms with Gasteiger partial charge in [-0.15, -0.1) is 10.2 Å². The smallest absolute Gasteiger partial charge is 0.228 e. The lowest BCUT2D eigenvalue weighted by molar-refractivity contribution is 0.121. The molecular weight excluding hydrogens is 390 g/mol. The lowest BCUT2D eigenvalue weighted by Crippen LogP contribution is -2.38. The summed E-state index contributed by atoms with van der Waals surface area (Å²) in [6.07, 6.45) is 1.67. The highest BCUT2D eigenvalue weighted by Gasteiger charge is 2.21. The average molecular weight is 411 g/mol. The molecule has 0 aliphatic carbocycles. The lowest BCUT2D eigenvalue weighted by atomic mass is 10.2. The number of ether oxygens (including phenoxy) is 2. The first-order chi connectivity index (χ1) is 14.3. The molecule has 9 heteroatoms. The number of benzene rings is 1. The Kier molecular flexibility index (Phi) is 6.34. The first-order valence-electron chi connectivity index (χ1n) is 9.37. The third-order valence-corrected chi connectivity index (χ3v) is 5.36. The van der Waals surface area contributed by atoms with Crippen molar-refractivity contribution in [3.05, 3.63) is 54.0 Å². The zero-order chi connectivity index (χ0) is 19.9. The zero-order valence-corrected chi connectivity index (χ0v) is 16.7. The van der Waals surface area contributed by atoms with Crippen LogP contribution >= 0.6 is 11.8 Å². The second kappa shape index (κ2) is 9.49. The summed E-state index contributed by atoms with van der Waals surface area (Å²) < 4.78 is 18.8. The molecule has 3 heterocycles. The Hall–Kier alpha value is -2.96. The molecule has 0 unspecified atom stereocenters. The molecule has 29 heavy (non-hydrogen) atoms. The number of nitrogens with zero attached hydrogens (tertiary/aromatic N) is 5. The molecule has 4 rings (SSSR count). The first-order valence-corrected chi connectivity index (χ1v) is 10.4. The number of furan rings is 1. The van der Waals surface area contributed by atoms with Gasteiger partial charge in [-0.25, -0.2) is 0 Å². The van der Waals surface area contributed by atoms with Crippen LogP contribution in [0.5, 0.6) is 5.75 Å². The minimum atomic E-state index is 0.500. The second-order valence-corrected chi connectivity index (χ2v) is 7.45. The molecule has 1 aliphatic heterocycles. The molecule has 150 valence electrons. The Balaban J connectivity index is 1.42. The topological polar surface area (TPSA) is 89.3 Å². The van der Waals surface area contributed by atoms with Crippen molar-refractivity contribution in [3.63, 3.8) is 0 Å². The third kappa shape index (κ3) is 4.91. The number of hydrogen-bond acceptors (Lipinski definition) is 8. The SMILES string of the molecule is N#Cc1cccc(OCCSc2nnc(N3CCOCC3)n2Cc2ccco2)c1. The highest BCUT2D eigenvalue weighted by molar-refractivity contribution is 7.99. The van der Waals surface area contributed by atoms with Crippen LogP contribution in [0.25, 0.3) is 0 Å². The first kappa shape index (κ1) is 19.4. The summed E-state index contributed by atoms with van der Waals surface area (Å²) >= 11 is 1.58. The van der Waals surface area contributed by atoms with E-state index < -0.39 is 0 Å². The monoisotopic (exact) mass is 411 g/mol. The van der Waals surface area contributed by atoms with Gasteiger partial charge in [-0.05, 0) is 30.3 Å². The van der Waals surface area contributed by atoms with Crippen molar-refractivity contribution in [1.29, 1.82) is 5.26 Å². The van der Waals surface area contributed by atoms with Gasteiger partial charge in [0.15, 0.2) is 5.16 Å². The average Bonchev–Trinajstić information content (AvgIpc) is 3.43. The van der Waals surface area contributed by atoms with Gasteiger partial charge in [0.1, 0.15) is 11.5 Å². The predicted molar refractivity (Wildman–Crippen MR) is 108 cm³/mol. The van der Waals surface area contributed by atoms with Crippen molar-refractivity contribution in [1.82, 2.24) is 14.8 Å². The summed E-state index contributed by atoms with van der Waals surface area (Å²) in [5.74, 6) is 3.08. The Labute approximate surface area is 173 Å². The molecule has 1 saturated heterocycles. The van der Waals surface area contributed by atoms with Gasteiger partial charge >= 0.3 is 0 Å². The van der Waals surface area contributed by atoms with Crippen LogP contribution in [0.3, 0.4) is 0 Å². The van der Waals surface area contributed by atoms with E-state index in [1.54, 1.807) is 30.2 Å². The van der Waals surface area contributed by atoms with E-state index in [9.17, 15) is 0 Å². The van der Waals surface area contributed by atoms with Crippen molar-refractivity contribution >= 4 is 17.7 Å². The van der Waals surface area contributed by atoms with Crippen LogP contribution in [0, 0.1) is 11.3 Å². The number of anilines is 1. The molecule has 1 fully saturated rings. The van der Waals surface area contributed by atoms with E-state index in [1.807, 2.05) is 24.3 Å². The van der Waals surface area contributed by atoms with Crippen molar-refractivity contribution in [2.45, 2.75) is 11.7 Å². The van der Waals surface area contributed by atoms with Gasteiger partial charge in [0.25, 0.3) is 0 Å². The predicted octanol–water partition coefficient (Wildman–Crippen LogP) is 2.80. The van der Waals surface area contributed by atoms with E-state index >= 15 is 0 Å². The lowest BCUT2D eigenvalue weighted by Gasteiger charge is -2.27. The van der Waals surface area contributed by atoms with Gasteiger partial charge in [-0.2, -0.15) is 5.26 Å². The summed E-state index contributed by atoms with van der Waals surface area (Å²) in [7, 11) is 0. The molecule has 0 saturated carbocycles. The van der Waals surface area contributed by atoms with Gasteiger partial charge in [-0.3, -0.25) is 4.57 Å². The van der Waals surface area contributed by atoms with E-state index in [-0.39, 0.29) is 0 Å². The van der Waals surface area contributed by atoms with Gasteiger partial charge in [0.05, 0.1) is 44.3 Å². The van der Waals surface area contributed by atoms with E-state index in [0.717, 1.165) is 30.0 Å². The molecule has 0 radical (unpaired) electrons. The van der Waals surface area contributed by atoms with Crippen molar-refractivity contribution in [3.8, 4) is 11.8 Å². The number of aromatic nitrogens is 3. The normalized spacial score (nSPS) is 14.0. The summed E-state index contributed by atoms with van der Waals surface area (Å²) in [5.41, 5.74) is 0.587. The molecule has 0 amide bonds. The van der Waals surface area contributed by atoms with Crippen LogP contribution < -0.4 is 9.64 Å². The molecule has 1 aliphatic rings. The third-order valence-electron chi connectivity index (χ3n) is 4.43. The number of thioether (sulfide) groups is 1.